The van der Waals surface area contributed by atoms with E-state index in [2.05, 4.69) is 15.2 Å². The van der Waals surface area contributed by atoms with Gasteiger partial charge in [-0.15, -0.1) is 0 Å². The first-order valence-corrected chi connectivity index (χ1v) is 5.44. The summed E-state index contributed by atoms with van der Waals surface area (Å²) in [5, 5.41) is 7.24. The van der Waals surface area contributed by atoms with Gasteiger partial charge in [-0.2, -0.15) is 13.9 Å². The van der Waals surface area contributed by atoms with Crippen LogP contribution in [0.5, 0.6) is 5.75 Å². The molecule has 6 heteroatoms. The van der Waals surface area contributed by atoms with Gasteiger partial charge in [0, 0.05) is 12.7 Å². The molecule has 2 aromatic rings. The lowest BCUT2D eigenvalue weighted by atomic mass is 10.3. The molecule has 0 aliphatic heterocycles. The number of nitrogens with one attached hydrogen (secondary N) is 1. The Morgan fingerprint density at radius 2 is 2.11 bits per heavy atom. The quantitative estimate of drug-likeness (QED) is 0.887. The van der Waals surface area contributed by atoms with Gasteiger partial charge >= 0.3 is 6.61 Å². The molecule has 1 heterocycles. The van der Waals surface area contributed by atoms with Crippen molar-refractivity contribution < 1.29 is 13.5 Å². The minimum atomic E-state index is -2.85. The number of nitrogens with zero attached hydrogens (tertiary/aromatic N) is 2. The predicted molar refractivity (Wildman–Crippen MR) is 63.0 cm³/mol. The number of rotatable bonds is 5. The van der Waals surface area contributed by atoms with Gasteiger partial charge in [0.25, 0.3) is 0 Å². The van der Waals surface area contributed by atoms with Gasteiger partial charge in [-0.1, -0.05) is 12.1 Å². The molecule has 0 unspecified atom stereocenters. The van der Waals surface area contributed by atoms with E-state index in [1.54, 1.807) is 24.4 Å². The van der Waals surface area contributed by atoms with E-state index in [1.807, 2.05) is 13.1 Å². The molecule has 0 atom stereocenters. The van der Waals surface area contributed by atoms with Gasteiger partial charge in [0.1, 0.15) is 5.69 Å². The average molecular weight is 253 g/mol. The van der Waals surface area contributed by atoms with E-state index in [0.717, 1.165) is 5.69 Å². The van der Waals surface area contributed by atoms with Crippen molar-refractivity contribution >= 4 is 0 Å². The largest absolute Gasteiger partial charge is 0.433 e. The van der Waals surface area contributed by atoms with Crippen LogP contribution >= 0.6 is 0 Å². The molecule has 4 nitrogen and oxygen atoms in total. The number of ether oxygens (including phenoxy) is 1. The van der Waals surface area contributed by atoms with Gasteiger partial charge in [-0.25, -0.2) is 4.68 Å². The van der Waals surface area contributed by atoms with E-state index < -0.39 is 6.61 Å². The molecule has 0 radical (unpaired) electrons. The molecule has 0 aliphatic rings. The summed E-state index contributed by atoms with van der Waals surface area (Å²) < 4.78 is 30.5. The lowest BCUT2D eigenvalue weighted by Crippen LogP contribution is -2.08. The Morgan fingerprint density at radius 1 is 1.33 bits per heavy atom. The van der Waals surface area contributed by atoms with E-state index in [-0.39, 0.29) is 5.75 Å². The summed E-state index contributed by atoms with van der Waals surface area (Å²) in [6.45, 7) is -2.23. The highest BCUT2D eigenvalue weighted by Gasteiger charge is 2.11. The van der Waals surface area contributed by atoms with Crippen LogP contribution in [0.4, 0.5) is 8.78 Å². The van der Waals surface area contributed by atoms with Crippen LogP contribution in [0.15, 0.2) is 36.5 Å². The lowest BCUT2D eigenvalue weighted by Gasteiger charge is -2.10. The van der Waals surface area contributed by atoms with Gasteiger partial charge in [-0.3, -0.25) is 0 Å². The fraction of sp³-hybridized carbons (Fsp3) is 0.250. The van der Waals surface area contributed by atoms with Crippen LogP contribution in [-0.2, 0) is 6.54 Å². The summed E-state index contributed by atoms with van der Waals surface area (Å²) in [7, 11) is 1.81. The maximum Gasteiger partial charge on any atom is 0.387 e. The summed E-state index contributed by atoms with van der Waals surface area (Å²) in [6, 6.07) is 8.36. The molecule has 0 saturated carbocycles. The van der Waals surface area contributed by atoms with Crippen LogP contribution < -0.4 is 10.1 Å². The van der Waals surface area contributed by atoms with Gasteiger partial charge in [0.05, 0.1) is 5.69 Å². The van der Waals surface area contributed by atoms with Crippen molar-refractivity contribution in [1.82, 2.24) is 15.1 Å². The van der Waals surface area contributed by atoms with Crippen LogP contribution in [-0.4, -0.2) is 23.4 Å². The van der Waals surface area contributed by atoms with Crippen molar-refractivity contribution in [2.24, 2.45) is 0 Å². The molecule has 2 rings (SSSR count). The first kappa shape index (κ1) is 12.5. The Kier molecular flexibility index (Phi) is 3.88. The predicted octanol–water partition coefficient (Wildman–Crippen LogP) is 2.19. The van der Waals surface area contributed by atoms with Crippen molar-refractivity contribution in [3.63, 3.8) is 0 Å². The molecule has 0 fully saturated rings. The smallest absolute Gasteiger partial charge is 0.387 e. The van der Waals surface area contributed by atoms with E-state index >= 15 is 0 Å². The standard InChI is InChI=1S/C12H13F2N3O/c1-15-8-9-6-7-17(16-9)10-4-2-3-5-11(10)18-12(13)14/h2-7,12,15H,8H2,1H3. The molecular weight excluding hydrogens is 240 g/mol. The summed E-state index contributed by atoms with van der Waals surface area (Å²) in [6.07, 6.45) is 1.71. The first-order chi connectivity index (χ1) is 8.70. The third-order valence-electron chi connectivity index (χ3n) is 2.33. The molecular formula is C12H13F2N3O. The average Bonchev–Trinajstić information content (AvgIpc) is 2.78. The molecule has 1 aromatic carbocycles. The second-order valence-corrected chi connectivity index (χ2v) is 3.63. The second-order valence-electron chi connectivity index (χ2n) is 3.63. The number of halogens is 2. The van der Waals surface area contributed by atoms with Crippen molar-refractivity contribution in [3.8, 4) is 11.4 Å². The van der Waals surface area contributed by atoms with Crippen molar-refractivity contribution in [2.45, 2.75) is 13.2 Å². The Balaban J connectivity index is 2.30. The number of alkyl halides is 2. The SMILES string of the molecule is CNCc1ccn(-c2ccccc2OC(F)F)n1. The van der Waals surface area contributed by atoms with Crippen LogP contribution in [0.3, 0.4) is 0 Å². The van der Waals surface area contributed by atoms with E-state index in [0.29, 0.717) is 12.2 Å². The highest BCUT2D eigenvalue weighted by atomic mass is 19.3. The topological polar surface area (TPSA) is 39.1 Å². The fourth-order valence-corrected chi connectivity index (χ4v) is 1.61. The molecule has 0 amide bonds. The lowest BCUT2D eigenvalue weighted by molar-refractivity contribution is -0.0499. The zero-order chi connectivity index (χ0) is 13.0. The third kappa shape index (κ3) is 2.84. The van der Waals surface area contributed by atoms with Crippen molar-refractivity contribution in [2.75, 3.05) is 7.05 Å². The minimum absolute atomic E-state index is 0.103. The molecule has 1 N–H and O–H groups in total. The zero-order valence-electron chi connectivity index (χ0n) is 9.81. The van der Waals surface area contributed by atoms with Crippen LogP contribution in [0.2, 0.25) is 0 Å². The first-order valence-electron chi connectivity index (χ1n) is 5.44. The molecule has 0 bridgehead atoms. The molecule has 96 valence electrons. The Labute approximate surface area is 103 Å². The molecule has 18 heavy (non-hydrogen) atoms. The van der Waals surface area contributed by atoms with Crippen LogP contribution in [0.25, 0.3) is 5.69 Å². The molecule has 0 saturated heterocycles. The maximum absolute atomic E-state index is 12.3. The number of aromatic nitrogens is 2. The summed E-state index contributed by atoms with van der Waals surface area (Å²) in [4.78, 5) is 0. The summed E-state index contributed by atoms with van der Waals surface area (Å²) >= 11 is 0. The third-order valence-corrected chi connectivity index (χ3v) is 2.33. The highest BCUT2D eigenvalue weighted by molar-refractivity contribution is 5.46. The van der Waals surface area contributed by atoms with Gasteiger partial charge in [0.15, 0.2) is 5.75 Å². The second kappa shape index (κ2) is 5.59. The van der Waals surface area contributed by atoms with Gasteiger partial charge in [0.2, 0.25) is 0 Å². The Bertz CT molecular complexity index is 514. The molecule has 0 aliphatic carbocycles. The highest BCUT2D eigenvalue weighted by Crippen LogP contribution is 2.23. The number of benzene rings is 1. The minimum Gasteiger partial charge on any atom is -0.433 e. The molecule has 0 spiro atoms. The van der Waals surface area contributed by atoms with Gasteiger partial charge < -0.3 is 10.1 Å². The number of hydrogen-bond acceptors (Lipinski definition) is 3. The summed E-state index contributed by atoms with van der Waals surface area (Å²) in [5.41, 5.74) is 1.31. The summed E-state index contributed by atoms with van der Waals surface area (Å²) in [5.74, 6) is 0.103. The molecule has 1 aromatic heterocycles. The normalized spacial score (nSPS) is 10.9. The van der Waals surface area contributed by atoms with Crippen molar-refractivity contribution in [1.29, 1.82) is 0 Å². The zero-order valence-corrected chi connectivity index (χ0v) is 9.81. The Morgan fingerprint density at radius 3 is 2.83 bits per heavy atom. The van der Waals surface area contributed by atoms with E-state index in [1.165, 1.54) is 10.7 Å². The van der Waals surface area contributed by atoms with Gasteiger partial charge in [-0.05, 0) is 25.2 Å². The maximum atomic E-state index is 12.3. The van der Waals surface area contributed by atoms with E-state index in [4.69, 9.17) is 0 Å². The monoisotopic (exact) mass is 253 g/mol. The van der Waals surface area contributed by atoms with Crippen molar-refractivity contribution in [3.05, 3.63) is 42.2 Å². The number of hydrogen-bond donors (Lipinski definition) is 1. The Hall–Kier alpha value is -1.95. The van der Waals surface area contributed by atoms with Crippen LogP contribution in [0, 0.1) is 0 Å². The van der Waals surface area contributed by atoms with E-state index in [9.17, 15) is 8.78 Å². The number of para-hydroxylation sites is 2. The fourth-order valence-electron chi connectivity index (χ4n) is 1.61. The van der Waals surface area contributed by atoms with Crippen LogP contribution in [0.1, 0.15) is 5.69 Å².